The van der Waals surface area contributed by atoms with E-state index in [1.165, 1.54) is 30.5 Å². The van der Waals surface area contributed by atoms with Crippen molar-refractivity contribution in [2.45, 2.75) is 4.90 Å². The molecule has 1 N–H and O–H groups in total. The number of esters is 1. The van der Waals surface area contributed by atoms with Crippen molar-refractivity contribution in [3.8, 4) is 0 Å². The molecule has 0 aliphatic carbocycles. The normalized spacial score (nSPS) is 11.2. The van der Waals surface area contributed by atoms with Crippen molar-refractivity contribution in [2.24, 2.45) is 0 Å². The fourth-order valence-electron chi connectivity index (χ4n) is 1.66. The van der Waals surface area contributed by atoms with E-state index in [1.807, 2.05) is 0 Å². The van der Waals surface area contributed by atoms with Gasteiger partial charge in [0, 0.05) is 0 Å². The lowest BCUT2D eigenvalue weighted by molar-refractivity contribution is 0.0475. The smallest absolute Gasteiger partial charge is 0.340 e. The molecule has 0 fully saturated rings. The van der Waals surface area contributed by atoms with Gasteiger partial charge in [0.25, 0.3) is 0 Å². The first kappa shape index (κ1) is 17.6. The van der Waals surface area contributed by atoms with Crippen molar-refractivity contribution in [1.29, 1.82) is 0 Å². The van der Waals surface area contributed by atoms with E-state index < -0.39 is 22.6 Å². The number of Topliss-reactive ketones (excluding diaryl/α,β-unsaturated/α-hetero) is 1. The highest BCUT2D eigenvalue weighted by Gasteiger charge is 2.19. The Morgan fingerprint density at radius 2 is 2.04 bits per heavy atom. The molecule has 1 aromatic heterocycles. The second-order valence-electron chi connectivity index (χ2n) is 4.33. The topological polar surface area (TPSA) is 89.5 Å². The highest BCUT2D eigenvalue weighted by Crippen LogP contribution is 2.21. The Kier molecular flexibility index (Phi) is 5.53. The molecule has 0 radical (unpaired) electrons. The van der Waals surface area contributed by atoms with E-state index in [-0.39, 0.29) is 21.3 Å². The number of ether oxygens (including phenoxy) is 1. The van der Waals surface area contributed by atoms with Crippen LogP contribution in [0.15, 0.2) is 40.6 Å². The minimum Gasteiger partial charge on any atom is -0.454 e. The third-order valence-corrected chi connectivity index (χ3v) is 5.52. The summed E-state index contributed by atoms with van der Waals surface area (Å²) in [5.74, 6) is -1.21. The zero-order valence-corrected chi connectivity index (χ0v) is 14.3. The Hall–Kier alpha value is -1.74. The van der Waals surface area contributed by atoms with Crippen LogP contribution in [0.3, 0.4) is 0 Å². The highest BCUT2D eigenvalue weighted by atomic mass is 35.5. The number of carbonyl (C=O) groups excluding carboxylic acids is 2. The minimum atomic E-state index is -3.72. The molecule has 0 bridgehead atoms. The van der Waals surface area contributed by atoms with Crippen molar-refractivity contribution < 1.29 is 22.7 Å². The van der Waals surface area contributed by atoms with Gasteiger partial charge >= 0.3 is 5.97 Å². The number of rotatable bonds is 6. The Morgan fingerprint density at radius 3 is 2.65 bits per heavy atom. The predicted molar refractivity (Wildman–Crippen MR) is 86.6 cm³/mol. The molecule has 0 saturated heterocycles. The number of halogens is 1. The van der Waals surface area contributed by atoms with Crippen molar-refractivity contribution in [2.75, 3.05) is 13.7 Å². The number of hydrogen-bond donors (Lipinski definition) is 1. The quantitative estimate of drug-likeness (QED) is 0.620. The molecule has 2 aromatic rings. The SMILES string of the molecule is CNS(=O)(=O)c1ccc(Cl)c(C(=O)OCC(=O)c2cccs2)c1. The lowest BCUT2D eigenvalue weighted by atomic mass is 10.2. The molecule has 0 spiro atoms. The van der Waals surface area contributed by atoms with Crippen LogP contribution in [0.2, 0.25) is 5.02 Å². The summed E-state index contributed by atoms with van der Waals surface area (Å²) in [6, 6.07) is 6.98. The molecule has 1 aromatic carbocycles. The summed E-state index contributed by atoms with van der Waals surface area (Å²) in [6.45, 7) is -0.446. The lowest BCUT2D eigenvalue weighted by Gasteiger charge is -2.08. The largest absolute Gasteiger partial charge is 0.454 e. The molecular formula is C14H12ClNO5S2. The summed E-state index contributed by atoms with van der Waals surface area (Å²) < 4.78 is 30.5. The number of hydrogen-bond acceptors (Lipinski definition) is 6. The van der Waals surface area contributed by atoms with Gasteiger partial charge in [0.05, 0.1) is 20.4 Å². The number of thiophene rings is 1. The Bertz CT molecular complexity index is 831. The van der Waals surface area contributed by atoms with Crippen molar-refractivity contribution in [3.63, 3.8) is 0 Å². The predicted octanol–water partition coefficient (Wildman–Crippen LogP) is 2.35. The van der Waals surface area contributed by atoms with Gasteiger partial charge in [-0.15, -0.1) is 11.3 Å². The monoisotopic (exact) mass is 373 g/mol. The average Bonchev–Trinajstić information content (AvgIpc) is 3.07. The molecule has 0 saturated carbocycles. The van der Waals surface area contributed by atoms with E-state index in [4.69, 9.17) is 16.3 Å². The summed E-state index contributed by atoms with van der Waals surface area (Å²) in [6.07, 6.45) is 0. The van der Waals surface area contributed by atoms with Crippen LogP contribution in [0.1, 0.15) is 20.0 Å². The van der Waals surface area contributed by atoms with E-state index in [0.717, 1.165) is 6.07 Å². The molecule has 23 heavy (non-hydrogen) atoms. The molecule has 0 unspecified atom stereocenters. The van der Waals surface area contributed by atoms with Gasteiger partial charge in [-0.3, -0.25) is 4.79 Å². The van der Waals surface area contributed by atoms with Gasteiger partial charge in [0.1, 0.15) is 0 Å². The molecular weight excluding hydrogens is 362 g/mol. The van der Waals surface area contributed by atoms with E-state index in [9.17, 15) is 18.0 Å². The van der Waals surface area contributed by atoms with Gasteiger partial charge < -0.3 is 4.74 Å². The van der Waals surface area contributed by atoms with Crippen LogP contribution in [-0.2, 0) is 14.8 Å². The fourth-order valence-corrected chi connectivity index (χ4v) is 3.26. The summed E-state index contributed by atoms with van der Waals surface area (Å²) in [5.41, 5.74) is -0.123. The zero-order valence-electron chi connectivity index (χ0n) is 11.9. The fraction of sp³-hybridized carbons (Fsp3) is 0.143. The van der Waals surface area contributed by atoms with E-state index in [0.29, 0.717) is 4.88 Å². The first-order valence-electron chi connectivity index (χ1n) is 6.32. The second kappa shape index (κ2) is 7.22. The maximum absolute atomic E-state index is 12.0. The second-order valence-corrected chi connectivity index (χ2v) is 7.57. The van der Waals surface area contributed by atoms with Gasteiger partial charge in [0.2, 0.25) is 15.8 Å². The van der Waals surface area contributed by atoms with Crippen molar-refractivity contribution in [3.05, 3.63) is 51.2 Å². The average molecular weight is 374 g/mol. The number of sulfonamides is 1. The molecule has 0 amide bonds. The highest BCUT2D eigenvalue weighted by molar-refractivity contribution is 7.89. The van der Waals surface area contributed by atoms with Crippen molar-refractivity contribution >= 4 is 44.7 Å². The first-order chi connectivity index (χ1) is 10.8. The minimum absolute atomic E-state index is 0.0358. The summed E-state index contributed by atoms with van der Waals surface area (Å²) >= 11 is 7.14. The van der Waals surface area contributed by atoms with Crippen LogP contribution in [0.5, 0.6) is 0 Å². The molecule has 0 atom stereocenters. The lowest BCUT2D eigenvalue weighted by Crippen LogP contribution is -2.19. The van der Waals surface area contributed by atoms with Crippen LogP contribution in [0, 0.1) is 0 Å². The molecule has 9 heteroatoms. The molecule has 0 aliphatic heterocycles. The molecule has 2 rings (SSSR count). The maximum atomic E-state index is 12.0. The standard InChI is InChI=1S/C14H12ClNO5S2/c1-16-23(19,20)9-4-5-11(15)10(7-9)14(18)21-8-12(17)13-3-2-6-22-13/h2-7,16H,8H2,1H3. The summed E-state index contributed by atoms with van der Waals surface area (Å²) in [7, 11) is -2.47. The van der Waals surface area contributed by atoms with Gasteiger partial charge in [-0.05, 0) is 36.7 Å². The Morgan fingerprint density at radius 1 is 1.30 bits per heavy atom. The number of benzene rings is 1. The zero-order chi connectivity index (χ0) is 17.0. The van der Waals surface area contributed by atoms with Gasteiger partial charge in [-0.1, -0.05) is 17.7 Å². The number of ketones is 1. The molecule has 1 heterocycles. The Balaban J connectivity index is 2.16. The van der Waals surface area contributed by atoms with Gasteiger partial charge in [-0.2, -0.15) is 0 Å². The third-order valence-electron chi connectivity index (χ3n) is 2.87. The van der Waals surface area contributed by atoms with Gasteiger partial charge in [-0.25, -0.2) is 17.9 Å². The van der Waals surface area contributed by atoms with Crippen LogP contribution in [0.4, 0.5) is 0 Å². The third kappa shape index (κ3) is 4.17. The number of nitrogens with one attached hydrogen (secondary N) is 1. The first-order valence-corrected chi connectivity index (χ1v) is 9.06. The van der Waals surface area contributed by atoms with Gasteiger partial charge in [0.15, 0.2) is 6.61 Å². The molecule has 0 aliphatic rings. The van der Waals surface area contributed by atoms with E-state index >= 15 is 0 Å². The van der Waals surface area contributed by atoms with Crippen LogP contribution in [-0.4, -0.2) is 33.8 Å². The van der Waals surface area contributed by atoms with Crippen LogP contribution < -0.4 is 4.72 Å². The number of carbonyl (C=O) groups is 2. The van der Waals surface area contributed by atoms with E-state index in [2.05, 4.69) is 4.72 Å². The van der Waals surface area contributed by atoms with Crippen LogP contribution >= 0.6 is 22.9 Å². The maximum Gasteiger partial charge on any atom is 0.340 e. The molecule has 122 valence electrons. The Labute approximate surface area is 142 Å². The van der Waals surface area contributed by atoms with Crippen molar-refractivity contribution in [1.82, 2.24) is 4.72 Å². The molecule has 6 nitrogen and oxygen atoms in total. The summed E-state index contributed by atoms with van der Waals surface area (Å²) in [5, 5.41) is 1.77. The summed E-state index contributed by atoms with van der Waals surface area (Å²) in [4.78, 5) is 24.2. The van der Waals surface area contributed by atoms with E-state index in [1.54, 1.807) is 17.5 Å². The van der Waals surface area contributed by atoms with Crippen LogP contribution in [0.25, 0.3) is 0 Å².